The van der Waals surface area contributed by atoms with Gasteiger partial charge in [-0.15, -0.1) is 11.3 Å². The Morgan fingerprint density at radius 3 is 2.62 bits per heavy atom. The molecular weight excluding hydrogens is 348 g/mol. The van der Waals surface area contributed by atoms with Crippen molar-refractivity contribution < 1.29 is 9.59 Å². The summed E-state index contributed by atoms with van der Waals surface area (Å²) in [4.78, 5) is 33.5. The Kier molecular flexibility index (Phi) is 5.55. The highest BCUT2D eigenvalue weighted by molar-refractivity contribution is 7.09. The summed E-state index contributed by atoms with van der Waals surface area (Å²) in [6.45, 7) is 4.24. The molecule has 7 heteroatoms. The molecule has 1 aliphatic carbocycles. The van der Waals surface area contributed by atoms with Crippen LogP contribution in [-0.2, 0) is 16.1 Å². The van der Waals surface area contributed by atoms with Crippen LogP contribution in [0, 0.1) is 11.8 Å². The van der Waals surface area contributed by atoms with Gasteiger partial charge >= 0.3 is 0 Å². The van der Waals surface area contributed by atoms with E-state index in [1.807, 2.05) is 5.38 Å². The molecule has 1 unspecified atom stereocenters. The molecule has 0 spiro atoms. The predicted octanol–water partition coefficient (Wildman–Crippen LogP) is 1.87. The first-order valence-corrected chi connectivity index (χ1v) is 10.8. The zero-order chi connectivity index (χ0) is 17.9. The molecule has 0 radical (unpaired) electrons. The van der Waals surface area contributed by atoms with E-state index in [1.165, 1.54) is 0 Å². The summed E-state index contributed by atoms with van der Waals surface area (Å²) in [5.74, 6) is 0.940. The lowest BCUT2D eigenvalue weighted by atomic mass is 9.93. The second-order valence-electron chi connectivity index (χ2n) is 7.81. The van der Waals surface area contributed by atoms with E-state index in [-0.39, 0.29) is 11.8 Å². The van der Waals surface area contributed by atoms with Gasteiger partial charge in [-0.25, -0.2) is 4.98 Å². The fraction of sp³-hybridized carbons (Fsp3) is 0.737. The molecule has 1 aromatic heterocycles. The highest BCUT2D eigenvalue weighted by atomic mass is 32.1. The van der Waals surface area contributed by atoms with Crippen LogP contribution >= 0.6 is 11.3 Å². The third kappa shape index (κ3) is 4.26. The molecule has 1 N–H and O–H groups in total. The first kappa shape index (κ1) is 17.9. The summed E-state index contributed by atoms with van der Waals surface area (Å²) in [7, 11) is 0. The molecule has 1 atom stereocenters. The maximum absolute atomic E-state index is 12.5. The van der Waals surface area contributed by atoms with Crippen molar-refractivity contribution in [2.24, 2.45) is 11.8 Å². The fourth-order valence-electron chi connectivity index (χ4n) is 4.24. The summed E-state index contributed by atoms with van der Waals surface area (Å²) < 4.78 is 0. The monoisotopic (exact) mass is 376 g/mol. The molecule has 3 fully saturated rings. The van der Waals surface area contributed by atoms with Crippen LogP contribution in [0.15, 0.2) is 11.6 Å². The summed E-state index contributed by atoms with van der Waals surface area (Å²) in [6.07, 6.45) is 8.09. The van der Waals surface area contributed by atoms with Gasteiger partial charge in [0.05, 0.1) is 12.5 Å². The number of carbonyl (C=O) groups is 2. The van der Waals surface area contributed by atoms with Crippen LogP contribution in [-0.4, -0.2) is 58.8 Å². The van der Waals surface area contributed by atoms with E-state index in [2.05, 4.69) is 20.1 Å². The Bertz CT molecular complexity index is 623. The Hall–Kier alpha value is -1.47. The van der Waals surface area contributed by atoms with Crippen LogP contribution in [0.1, 0.15) is 43.5 Å². The van der Waals surface area contributed by atoms with Crippen molar-refractivity contribution in [1.82, 2.24) is 20.1 Å². The van der Waals surface area contributed by atoms with Crippen LogP contribution in [0.4, 0.5) is 0 Å². The van der Waals surface area contributed by atoms with Crippen LogP contribution < -0.4 is 5.32 Å². The minimum absolute atomic E-state index is 0.0786. The lowest BCUT2D eigenvalue weighted by Crippen LogP contribution is -2.51. The zero-order valence-electron chi connectivity index (χ0n) is 15.2. The molecule has 3 aliphatic rings. The minimum Gasteiger partial charge on any atom is -0.349 e. The first-order valence-electron chi connectivity index (χ1n) is 9.89. The molecular formula is C19H28N4O2S. The molecule has 6 nitrogen and oxygen atoms in total. The number of thiazole rings is 1. The van der Waals surface area contributed by atoms with Crippen LogP contribution in [0.3, 0.4) is 0 Å². The number of nitrogens with one attached hydrogen (secondary N) is 1. The summed E-state index contributed by atoms with van der Waals surface area (Å²) in [5, 5.41) is 5.94. The van der Waals surface area contributed by atoms with E-state index in [0.29, 0.717) is 24.4 Å². The number of carbonyl (C=O) groups excluding carboxylic acids is 2. The summed E-state index contributed by atoms with van der Waals surface area (Å²) >= 11 is 1.58. The number of hydrogen-bond donors (Lipinski definition) is 1. The molecule has 2 aliphatic heterocycles. The van der Waals surface area contributed by atoms with Gasteiger partial charge in [0.2, 0.25) is 11.8 Å². The Balaban J connectivity index is 1.24. The van der Waals surface area contributed by atoms with Gasteiger partial charge in [0.1, 0.15) is 5.01 Å². The molecule has 2 amide bonds. The van der Waals surface area contributed by atoms with Crippen molar-refractivity contribution in [1.29, 1.82) is 0 Å². The highest BCUT2D eigenvalue weighted by Gasteiger charge is 2.37. The number of nitrogens with zero attached hydrogens (tertiary/aromatic N) is 3. The van der Waals surface area contributed by atoms with E-state index < -0.39 is 0 Å². The highest BCUT2D eigenvalue weighted by Crippen LogP contribution is 2.32. The average molecular weight is 377 g/mol. The maximum atomic E-state index is 12.5. The number of amides is 2. The SMILES string of the molecule is O=C(NCc1nccs1)C1CCCN(C2CCN(C(=O)C3CC3)CC2)C1. The number of piperidine rings is 2. The molecule has 2 saturated heterocycles. The topological polar surface area (TPSA) is 65.5 Å². The fourth-order valence-corrected chi connectivity index (χ4v) is 4.80. The molecule has 3 heterocycles. The third-order valence-electron chi connectivity index (χ3n) is 5.94. The van der Waals surface area contributed by atoms with E-state index in [0.717, 1.165) is 69.7 Å². The summed E-state index contributed by atoms with van der Waals surface area (Å²) in [6, 6.07) is 0.521. The van der Waals surface area contributed by atoms with Crippen molar-refractivity contribution in [2.45, 2.75) is 51.1 Å². The Morgan fingerprint density at radius 1 is 1.12 bits per heavy atom. The number of likely N-dealkylation sites (tertiary alicyclic amines) is 2. The van der Waals surface area contributed by atoms with Crippen LogP contribution in [0.5, 0.6) is 0 Å². The van der Waals surface area contributed by atoms with Gasteiger partial charge in [0.15, 0.2) is 0 Å². The second-order valence-corrected chi connectivity index (χ2v) is 8.79. The predicted molar refractivity (Wildman–Crippen MR) is 101 cm³/mol. The average Bonchev–Trinajstić information content (AvgIpc) is 3.41. The Labute approximate surface area is 159 Å². The van der Waals surface area contributed by atoms with E-state index in [9.17, 15) is 9.59 Å². The number of hydrogen-bond acceptors (Lipinski definition) is 5. The standard InChI is InChI=1S/C19H28N4O2S/c24-18(21-12-17-20-7-11-26-17)15-2-1-8-23(13-15)16-5-9-22(10-6-16)19(25)14-3-4-14/h7,11,14-16H,1-6,8-10,12-13H2,(H,21,24). The van der Waals surface area contributed by atoms with Crippen LogP contribution in [0.2, 0.25) is 0 Å². The van der Waals surface area contributed by atoms with Gasteiger partial charge in [-0.1, -0.05) is 0 Å². The molecule has 1 saturated carbocycles. The van der Waals surface area contributed by atoms with Gasteiger partial charge < -0.3 is 10.2 Å². The van der Waals surface area contributed by atoms with Gasteiger partial charge in [0.25, 0.3) is 0 Å². The minimum atomic E-state index is 0.0786. The molecule has 0 aromatic carbocycles. The maximum Gasteiger partial charge on any atom is 0.225 e. The van der Waals surface area contributed by atoms with Crippen molar-refractivity contribution in [3.63, 3.8) is 0 Å². The first-order chi connectivity index (χ1) is 12.7. The van der Waals surface area contributed by atoms with E-state index in [1.54, 1.807) is 17.5 Å². The number of aromatic nitrogens is 1. The van der Waals surface area contributed by atoms with Gasteiger partial charge in [-0.2, -0.15) is 0 Å². The lowest BCUT2D eigenvalue weighted by molar-refractivity contribution is -0.134. The van der Waals surface area contributed by atoms with Gasteiger partial charge in [-0.05, 0) is 45.1 Å². The third-order valence-corrected chi connectivity index (χ3v) is 6.72. The molecule has 1 aromatic rings. The van der Waals surface area contributed by atoms with Crippen molar-refractivity contribution in [3.05, 3.63) is 16.6 Å². The largest absolute Gasteiger partial charge is 0.349 e. The molecule has 4 rings (SSSR count). The van der Waals surface area contributed by atoms with Crippen molar-refractivity contribution in [3.8, 4) is 0 Å². The summed E-state index contributed by atoms with van der Waals surface area (Å²) in [5.41, 5.74) is 0. The lowest BCUT2D eigenvalue weighted by Gasteiger charge is -2.42. The smallest absolute Gasteiger partial charge is 0.225 e. The quantitative estimate of drug-likeness (QED) is 0.852. The Morgan fingerprint density at radius 2 is 1.92 bits per heavy atom. The number of rotatable bonds is 5. The molecule has 26 heavy (non-hydrogen) atoms. The zero-order valence-corrected chi connectivity index (χ0v) is 16.0. The molecule has 0 bridgehead atoms. The van der Waals surface area contributed by atoms with Crippen molar-refractivity contribution in [2.75, 3.05) is 26.2 Å². The van der Waals surface area contributed by atoms with Crippen LogP contribution in [0.25, 0.3) is 0 Å². The van der Waals surface area contributed by atoms with E-state index in [4.69, 9.17) is 0 Å². The van der Waals surface area contributed by atoms with Crippen molar-refractivity contribution >= 4 is 23.2 Å². The normalized spacial score (nSPS) is 25.2. The van der Waals surface area contributed by atoms with Gasteiger partial charge in [-0.3, -0.25) is 14.5 Å². The second kappa shape index (κ2) is 8.05. The van der Waals surface area contributed by atoms with E-state index >= 15 is 0 Å². The van der Waals surface area contributed by atoms with Gasteiger partial charge in [0, 0.05) is 43.2 Å². The molecule has 142 valence electrons.